The van der Waals surface area contributed by atoms with Crippen molar-refractivity contribution in [1.29, 1.82) is 0 Å². The Bertz CT molecular complexity index is 1230. The molecule has 8 nitrogen and oxygen atoms in total. The minimum atomic E-state index is -1.08. The van der Waals surface area contributed by atoms with Crippen LogP contribution in [0.25, 0.3) is 10.9 Å². The molecule has 1 aromatic heterocycles. The third kappa shape index (κ3) is 5.06. The molecule has 3 aromatic rings. The van der Waals surface area contributed by atoms with Gasteiger partial charge in [-0.2, -0.15) is 0 Å². The van der Waals surface area contributed by atoms with Crippen LogP contribution in [-0.2, 0) is 33.7 Å². The summed E-state index contributed by atoms with van der Waals surface area (Å²) in [6.07, 6.45) is 1.48. The van der Waals surface area contributed by atoms with Gasteiger partial charge in [0.05, 0.1) is 0 Å². The summed E-state index contributed by atoms with van der Waals surface area (Å²) in [6, 6.07) is 13.2. The molecular weight excluding hydrogens is 434 g/mol. The number of amides is 2. The molecule has 0 aliphatic carbocycles. The van der Waals surface area contributed by atoms with Crippen molar-refractivity contribution >= 4 is 28.9 Å². The van der Waals surface area contributed by atoms with E-state index in [9.17, 15) is 19.5 Å². The molecule has 0 saturated carbocycles. The minimum absolute atomic E-state index is 0.159. The monoisotopic (exact) mass is 463 g/mol. The van der Waals surface area contributed by atoms with Crippen LogP contribution < -0.4 is 5.32 Å². The van der Waals surface area contributed by atoms with E-state index in [0.717, 1.165) is 27.6 Å². The quantitative estimate of drug-likeness (QED) is 0.535. The summed E-state index contributed by atoms with van der Waals surface area (Å²) in [6.45, 7) is 5.38. The molecule has 178 valence electrons. The van der Waals surface area contributed by atoms with E-state index >= 15 is 0 Å². The number of carboxylic acid groups (broad SMARTS) is 1. The fourth-order valence-corrected chi connectivity index (χ4v) is 4.35. The highest BCUT2D eigenvalue weighted by Crippen LogP contribution is 2.26. The standard InChI is InChI=1S/C26H29N3O5/c1-26(2,3)34-25(33)28-21(12-18-14-27-20-11-7-6-10-19(18)20)23(30)29-15-17-9-5-4-8-16(17)13-22(29)24(31)32/h4-11,14,21-22,27H,12-13,15H2,1-3H3,(H,28,33)(H,31,32)/t21-,22-/m0/s1. The maximum Gasteiger partial charge on any atom is 0.408 e. The number of hydrogen-bond donors (Lipinski definition) is 3. The predicted octanol–water partition coefficient (Wildman–Crippen LogP) is 3.64. The second kappa shape index (κ2) is 9.21. The normalized spacial score (nSPS) is 16.6. The van der Waals surface area contributed by atoms with Crippen LogP contribution >= 0.6 is 0 Å². The fourth-order valence-electron chi connectivity index (χ4n) is 4.35. The van der Waals surface area contributed by atoms with E-state index < -0.39 is 35.7 Å². The molecule has 2 heterocycles. The Morgan fingerprint density at radius 2 is 1.79 bits per heavy atom. The second-order valence-corrected chi connectivity index (χ2v) is 9.56. The Morgan fingerprint density at radius 1 is 1.12 bits per heavy atom. The molecule has 3 N–H and O–H groups in total. The van der Waals surface area contributed by atoms with Gasteiger partial charge in [-0.05, 0) is 43.5 Å². The average molecular weight is 464 g/mol. The van der Waals surface area contributed by atoms with Crippen LogP contribution in [0.15, 0.2) is 54.7 Å². The zero-order valence-corrected chi connectivity index (χ0v) is 19.5. The molecule has 2 aromatic carbocycles. The summed E-state index contributed by atoms with van der Waals surface area (Å²) >= 11 is 0. The van der Waals surface area contributed by atoms with E-state index in [1.165, 1.54) is 4.90 Å². The Labute approximate surface area is 197 Å². The molecule has 2 atom stereocenters. The Hall–Kier alpha value is -3.81. The number of hydrogen-bond acceptors (Lipinski definition) is 4. The van der Waals surface area contributed by atoms with Crippen molar-refractivity contribution in [2.75, 3.05) is 0 Å². The number of H-pyrrole nitrogens is 1. The molecule has 1 aliphatic rings. The molecule has 0 bridgehead atoms. The number of aromatic amines is 1. The number of aromatic nitrogens is 1. The van der Waals surface area contributed by atoms with Crippen molar-refractivity contribution in [3.05, 3.63) is 71.4 Å². The van der Waals surface area contributed by atoms with Crippen LogP contribution in [-0.4, -0.2) is 50.6 Å². The summed E-state index contributed by atoms with van der Waals surface area (Å²) < 4.78 is 5.40. The molecule has 2 amide bonds. The number of nitrogens with one attached hydrogen (secondary N) is 2. The van der Waals surface area contributed by atoms with Gasteiger partial charge in [-0.1, -0.05) is 42.5 Å². The molecule has 0 radical (unpaired) electrons. The summed E-state index contributed by atoms with van der Waals surface area (Å²) in [7, 11) is 0. The number of benzene rings is 2. The van der Waals surface area contributed by atoms with Crippen LogP contribution in [0.1, 0.15) is 37.5 Å². The first-order valence-electron chi connectivity index (χ1n) is 11.3. The number of ether oxygens (including phenoxy) is 1. The van der Waals surface area contributed by atoms with E-state index in [4.69, 9.17) is 4.74 Å². The van der Waals surface area contributed by atoms with Crippen molar-refractivity contribution in [1.82, 2.24) is 15.2 Å². The number of fused-ring (bicyclic) bond motifs is 2. The van der Waals surface area contributed by atoms with Crippen LogP contribution in [0.5, 0.6) is 0 Å². The van der Waals surface area contributed by atoms with E-state index in [-0.39, 0.29) is 19.4 Å². The van der Waals surface area contributed by atoms with Gasteiger partial charge in [-0.25, -0.2) is 9.59 Å². The van der Waals surface area contributed by atoms with Crippen molar-refractivity contribution in [2.45, 2.75) is 57.8 Å². The third-order valence-electron chi connectivity index (χ3n) is 5.90. The highest BCUT2D eigenvalue weighted by Gasteiger charge is 2.38. The lowest BCUT2D eigenvalue weighted by atomic mass is 9.92. The van der Waals surface area contributed by atoms with Gasteiger partial charge in [0.15, 0.2) is 0 Å². The highest BCUT2D eigenvalue weighted by molar-refractivity contribution is 5.91. The smallest absolute Gasteiger partial charge is 0.408 e. The first-order chi connectivity index (χ1) is 16.1. The number of carbonyl (C=O) groups is 3. The van der Waals surface area contributed by atoms with Crippen LogP contribution in [0.2, 0.25) is 0 Å². The molecule has 1 aliphatic heterocycles. The van der Waals surface area contributed by atoms with E-state index in [2.05, 4.69) is 10.3 Å². The summed E-state index contributed by atoms with van der Waals surface area (Å²) in [5, 5.41) is 13.5. The Morgan fingerprint density at radius 3 is 2.50 bits per heavy atom. The molecule has 0 saturated heterocycles. The number of alkyl carbamates (subject to hydrolysis) is 1. The van der Waals surface area contributed by atoms with E-state index in [1.54, 1.807) is 20.8 Å². The van der Waals surface area contributed by atoms with Gasteiger partial charge in [-0.15, -0.1) is 0 Å². The number of carboxylic acids is 1. The average Bonchev–Trinajstić information content (AvgIpc) is 3.19. The molecule has 34 heavy (non-hydrogen) atoms. The van der Waals surface area contributed by atoms with Gasteiger partial charge in [0.1, 0.15) is 17.7 Å². The maximum atomic E-state index is 13.8. The Kier molecular flexibility index (Phi) is 6.32. The highest BCUT2D eigenvalue weighted by atomic mass is 16.6. The lowest BCUT2D eigenvalue weighted by molar-refractivity contribution is -0.152. The number of aliphatic carboxylic acids is 1. The van der Waals surface area contributed by atoms with Crippen LogP contribution in [0.3, 0.4) is 0 Å². The maximum absolute atomic E-state index is 13.8. The first-order valence-corrected chi connectivity index (χ1v) is 11.3. The lowest BCUT2D eigenvalue weighted by Gasteiger charge is -2.36. The van der Waals surface area contributed by atoms with Gasteiger partial charge in [0.2, 0.25) is 5.91 Å². The second-order valence-electron chi connectivity index (χ2n) is 9.56. The van der Waals surface area contributed by atoms with Gasteiger partial charge >= 0.3 is 12.1 Å². The van der Waals surface area contributed by atoms with Crippen LogP contribution in [0.4, 0.5) is 4.79 Å². The van der Waals surface area contributed by atoms with Crippen LogP contribution in [0, 0.1) is 0 Å². The summed E-state index contributed by atoms with van der Waals surface area (Å²) in [4.78, 5) is 43.0. The minimum Gasteiger partial charge on any atom is -0.480 e. The number of para-hydroxylation sites is 1. The van der Waals surface area contributed by atoms with E-state index in [1.807, 2.05) is 54.7 Å². The molecule has 0 fully saturated rings. The van der Waals surface area contributed by atoms with Crippen molar-refractivity contribution in [2.24, 2.45) is 0 Å². The zero-order chi connectivity index (χ0) is 24.5. The number of carbonyl (C=O) groups excluding carboxylic acids is 2. The molecule has 0 unspecified atom stereocenters. The van der Waals surface area contributed by atoms with Gasteiger partial charge < -0.3 is 25.0 Å². The molecule has 0 spiro atoms. The summed E-state index contributed by atoms with van der Waals surface area (Å²) in [5.74, 6) is -1.54. The number of nitrogens with zero attached hydrogens (tertiary/aromatic N) is 1. The zero-order valence-electron chi connectivity index (χ0n) is 19.5. The van der Waals surface area contributed by atoms with Gasteiger partial charge in [-0.3, -0.25) is 4.79 Å². The molecular formula is C26H29N3O5. The predicted molar refractivity (Wildman–Crippen MR) is 127 cm³/mol. The van der Waals surface area contributed by atoms with Gasteiger partial charge in [0.25, 0.3) is 0 Å². The topological polar surface area (TPSA) is 112 Å². The summed E-state index contributed by atoms with van der Waals surface area (Å²) in [5.41, 5.74) is 2.82. The first kappa shape index (κ1) is 23.4. The SMILES string of the molecule is CC(C)(C)OC(=O)N[C@@H](Cc1c[nH]c2ccccc12)C(=O)N1Cc2ccccc2C[C@H]1C(=O)O. The Balaban J connectivity index is 1.66. The molecule has 8 heteroatoms. The van der Waals surface area contributed by atoms with E-state index in [0.29, 0.717) is 0 Å². The lowest BCUT2D eigenvalue weighted by Crippen LogP contribution is -2.56. The third-order valence-corrected chi connectivity index (χ3v) is 5.90. The van der Waals surface area contributed by atoms with Crippen molar-refractivity contribution < 1.29 is 24.2 Å². The van der Waals surface area contributed by atoms with Gasteiger partial charge in [0, 0.05) is 36.5 Å². The largest absolute Gasteiger partial charge is 0.480 e. The fraction of sp³-hybridized carbons (Fsp3) is 0.346. The van der Waals surface area contributed by atoms with Crippen molar-refractivity contribution in [3.63, 3.8) is 0 Å². The number of rotatable bonds is 5. The van der Waals surface area contributed by atoms with Crippen molar-refractivity contribution in [3.8, 4) is 0 Å². The molecule has 4 rings (SSSR count).